The minimum atomic E-state index is -1.07. The van der Waals surface area contributed by atoms with Gasteiger partial charge in [0, 0.05) is 5.56 Å². The fourth-order valence-corrected chi connectivity index (χ4v) is 1.54. The van der Waals surface area contributed by atoms with Crippen molar-refractivity contribution in [1.29, 1.82) is 0 Å². The molecule has 0 heterocycles. The Bertz CT molecular complexity index is 555. The molecule has 0 atom stereocenters. The van der Waals surface area contributed by atoms with Crippen LogP contribution in [0.5, 0.6) is 0 Å². The maximum atomic E-state index is 12.3. The summed E-state index contributed by atoms with van der Waals surface area (Å²) in [6, 6.07) is 6.69. The Kier molecular flexibility index (Phi) is 6.33. The topological polar surface area (TPSA) is 69.7 Å². The lowest BCUT2D eigenvalue weighted by Gasteiger charge is -2.06. The molecule has 0 aromatic heterocycles. The van der Waals surface area contributed by atoms with E-state index in [4.69, 9.17) is 4.74 Å². The summed E-state index contributed by atoms with van der Waals surface area (Å²) < 4.78 is 9.63. The SMILES string of the molecule is CCO/C=C(/C(=O)C(=O)OCC)C(=O)c1ccc(C)cc1. The van der Waals surface area contributed by atoms with Crippen molar-refractivity contribution in [1.82, 2.24) is 0 Å². The van der Waals surface area contributed by atoms with Crippen LogP contribution in [0.25, 0.3) is 0 Å². The Morgan fingerprint density at radius 1 is 1.05 bits per heavy atom. The molecule has 1 aromatic carbocycles. The first-order valence-corrected chi connectivity index (χ1v) is 6.65. The summed E-state index contributed by atoms with van der Waals surface area (Å²) in [7, 11) is 0. The monoisotopic (exact) mass is 290 g/mol. The number of benzene rings is 1. The van der Waals surface area contributed by atoms with E-state index < -0.39 is 17.5 Å². The van der Waals surface area contributed by atoms with Gasteiger partial charge in [0.1, 0.15) is 5.57 Å². The molecule has 0 aliphatic carbocycles. The molecule has 1 rings (SSSR count). The molecule has 5 heteroatoms. The number of hydrogen-bond donors (Lipinski definition) is 0. The Balaban J connectivity index is 3.07. The quantitative estimate of drug-likeness (QED) is 0.146. The normalized spacial score (nSPS) is 10.9. The first kappa shape index (κ1) is 16.6. The molecule has 0 saturated heterocycles. The van der Waals surface area contributed by atoms with Crippen LogP contribution in [0.2, 0.25) is 0 Å². The molecule has 0 N–H and O–H groups in total. The van der Waals surface area contributed by atoms with Gasteiger partial charge in [-0.2, -0.15) is 0 Å². The van der Waals surface area contributed by atoms with Crippen molar-refractivity contribution in [3.8, 4) is 0 Å². The molecule has 0 bridgehead atoms. The van der Waals surface area contributed by atoms with E-state index in [9.17, 15) is 14.4 Å². The average molecular weight is 290 g/mol. The predicted octanol–water partition coefficient (Wildman–Crippen LogP) is 2.23. The highest BCUT2D eigenvalue weighted by atomic mass is 16.5. The third kappa shape index (κ3) is 4.56. The summed E-state index contributed by atoms with van der Waals surface area (Å²) in [6.07, 6.45) is 1.02. The first-order chi connectivity index (χ1) is 10.0. The van der Waals surface area contributed by atoms with Crippen LogP contribution in [-0.2, 0) is 19.1 Å². The van der Waals surface area contributed by atoms with Crippen LogP contribution in [0.15, 0.2) is 36.1 Å². The van der Waals surface area contributed by atoms with E-state index >= 15 is 0 Å². The number of rotatable bonds is 7. The second kappa shape index (κ2) is 7.99. The lowest BCUT2D eigenvalue weighted by atomic mass is 10.00. The summed E-state index contributed by atoms with van der Waals surface area (Å²) in [4.78, 5) is 35.8. The molecule has 0 unspecified atom stereocenters. The van der Waals surface area contributed by atoms with E-state index in [1.165, 1.54) is 0 Å². The van der Waals surface area contributed by atoms with E-state index in [0.717, 1.165) is 11.8 Å². The zero-order valence-electron chi connectivity index (χ0n) is 12.3. The maximum absolute atomic E-state index is 12.3. The van der Waals surface area contributed by atoms with Crippen LogP contribution < -0.4 is 0 Å². The van der Waals surface area contributed by atoms with Gasteiger partial charge in [0.05, 0.1) is 19.5 Å². The van der Waals surface area contributed by atoms with E-state index in [0.29, 0.717) is 5.56 Å². The molecule has 0 saturated carbocycles. The highest BCUT2D eigenvalue weighted by Gasteiger charge is 2.27. The van der Waals surface area contributed by atoms with E-state index in [-0.39, 0.29) is 18.8 Å². The number of carbonyl (C=O) groups is 3. The molecule has 0 aliphatic heterocycles. The lowest BCUT2D eigenvalue weighted by molar-refractivity contribution is -0.151. The van der Waals surface area contributed by atoms with Crippen LogP contribution in [0.1, 0.15) is 29.8 Å². The molecule has 0 spiro atoms. The zero-order chi connectivity index (χ0) is 15.8. The van der Waals surface area contributed by atoms with Crippen molar-refractivity contribution < 1.29 is 23.9 Å². The van der Waals surface area contributed by atoms with Crippen molar-refractivity contribution in [3.63, 3.8) is 0 Å². The van der Waals surface area contributed by atoms with Crippen molar-refractivity contribution in [2.24, 2.45) is 0 Å². The largest absolute Gasteiger partial charge is 0.501 e. The number of carbonyl (C=O) groups excluding carboxylic acids is 3. The number of hydrogen-bond acceptors (Lipinski definition) is 5. The summed E-state index contributed by atoms with van der Waals surface area (Å²) in [5.74, 6) is -2.64. The third-order valence-electron chi connectivity index (χ3n) is 2.63. The molecule has 0 fully saturated rings. The van der Waals surface area contributed by atoms with Gasteiger partial charge in [0.25, 0.3) is 5.78 Å². The number of ether oxygens (including phenoxy) is 2. The third-order valence-corrected chi connectivity index (χ3v) is 2.63. The van der Waals surface area contributed by atoms with Crippen molar-refractivity contribution >= 4 is 17.5 Å². The number of aryl methyl sites for hydroxylation is 1. The molecular weight excluding hydrogens is 272 g/mol. The van der Waals surface area contributed by atoms with E-state index in [2.05, 4.69) is 4.74 Å². The Morgan fingerprint density at radius 2 is 1.67 bits per heavy atom. The van der Waals surface area contributed by atoms with Gasteiger partial charge in [-0.15, -0.1) is 0 Å². The van der Waals surface area contributed by atoms with Gasteiger partial charge in [0.2, 0.25) is 0 Å². The highest BCUT2D eigenvalue weighted by Crippen LogP contribution is 2.12. The van der Waals surface area contributed by atoms with Gasteiger partial charge < -0.3 is 9.47 Å². The molecule has 0 aliphatic rings. The van der Waals surface area contributed by atoms with Gasteiger partial charge in [0.15, 0.2) is 5.78 Å². The Hall–Kier alpha value is -2.43. The molecule has 1 aromatic rings. The van der Waals surface area contributed by atoms with Gasteiger partial charge in [-0.25, -0.2) is 4.79 Å². The van der Waals surface area contributed by atoms with Crippen LogP contribution in [0.4, 0.5) is 0 Å². The Labute approximate surface area is 123 Å². The zero-order valence-corrected chi connectivity index (χ0v) is 12.3. The number of esters is 1. The molecule has 5 nitrogen and oxygen atoms in total. The molecule has 0 amide bonds. The van der Waals surface area contributed by atoms with Crippen molar-refractivity contribution in [2.45, 2.75) is 20.8 Å². The van der Waals surface area contributed by atoms with Crippen LogP contribution in [0, 0.1) is 6.92 Å². The second-order valence-corrected chi connectivity index (χ2v) is 4.23. The minimum absolute atomic E-state index is 0.0607. The highest BCUT2D eigenvalue weighted by molar-refractivity contribution is 6.48. The van der Waals surface area contributed by atoms with Crippen LogP contribution >= 0.6 is 0 Å². The second-order valence-electron chi connectivity index (χ2n) is 4.23. The smallest absolute Gasteiger partial charge is 0.379 e. The molecular formula is C16H18O5. The molecule has 0 radical (unpaired) electrons. The van der Waals surface area contributed by atoms with Crippen LogP contribution in [-0.4, -0.2) is 30.7 Å². The summed E-state index contributed by atoms with van der Waals surface area (Å²) in [5.41, 5.74) is 0.960. The average Bonchev–Trinajstić information content (AvgIpc) is 2.48. The molecule has 112 valence electrons. The van der Waals surface area contributed by atoms with E-state index in [1.807, 2.05) is 6.92 Å². The van der Waals surface area contributed by atoms with Crippen molar-refractivity contribution in [3.05, 3.63) is 47.2 Å². The summed E-state index contributed by atoms with van der Waals surface area (Å²) >= 11 is 0. The summed E-state index contributed by atoms with van der Waals surface area (Å²) in [6.45, 7) is 5.51. The van der Waals surface area contributed by atoms with E-state index in [1.54, 1.807) is 38.1 Å². The van der Waals surface area contributed by atoms with Gasteiger partial charge in [-0.05, 0) is 20.8 Å². The van der Waals surface area contributed by atoms with Crippen molar-refractivity contribution in [2.75, 3.05) is 13.2 Å². The first-order valence-electron chi connectivity index (χ1n) is 6.65. The molecule has 21 heavy (non-hydrogen) atoms. The fraction of sp³-hybridized carbons (Fsp3) is 0.312. The maximum Gasteiger partial charge on any atom is 0.379 e. The van der Waals surface area contributed by atoms with Gasteiger partial charge in [-0.3, -0.25) is 9.59 Å². The van der Waals surface area contributed by atoms with Gasteiger partial charge >= 0.3 is 5.97 Å². The fourth-order valence-electron chi connectivity index (χ4n) is 1.54. The number of ketones is 2. The number of Topliss-reactive ketones (excluding diaryl/α,β-unsaturated/α-hetero) is 2. The predicted molar refractivity (Wildman–Crippen MR) is 76.9 cm³/mol. The van der Waals surface area contributed by atoms with Gasteiger partial charge in [-0.1, -0.05) is 29.8 Å². The standard InChI is InChI=1S/C16H18O5/c1-4-20-10-13(15(18)16(19)21-5-2)14(17)12-8-6-11(3)7-9-12/h6-10H,4-5H2,1-3H3/b13-10+. The lowest BCUT2D eigenvalue weighted by Crippen LogP contribution is -2.24. The minimum Gasteiger partial charge on any atom is -0.501 e. The summed E-state index contributed by atoms with van der Waals surface area (Å²) in [5, 5.41) is 0. The van der Waals surface area contributed by atoms with Crippen LogP contribution in [0.3, 0.4) is 0 Å². The Morgan fingerprint density at radius 3 is 2.19 bits per heavy atom.